The molecule has 0 heterocycles. The zero-order valence-corrected chi connectivity index (χ0v) is 14.1. The van der Waals surface area contributed by atoms with Crippen LogP contribution >= 0.6 is 0 Å². The lowest BCUT2D eigenvalue weighted by Crippen LogP contribution is -2.00. The SMILES string of the molecule is COc1ccc(Cc2cc(OC)c(OC)cc2OC)c(OC)c1. The van der Waals surface area contributed by atoms with Gasteiger partial charge in [-0.2, -0.15) is 0 Å². The summed E-state index contributed by atoms with van der Waals surface area (Å²) in [5, 5.41) is 0. The van der Waals surface area contributed by atoms with E-state index < -0.39 is 0 Å². The molecule has 5 nitrogen and oxygen atoms in total. The molecule has 2 rings (SSSR count). The number of benzene rings is 2. The molecule has 0 radical (unpaired) electrons. The number of rotatable bonds is 7. The fraction of sp³-hybridized carbons (Fsp3) is 0.333. The molecule has 0 atom stereocenters. The van der Waals surface area contributed by atoms with Crippen LogP contribution < -0.4 is 23.7 Å². The minimum absolute atomic E-state index is 0.634. The van der Waals surface area contributed by atoms with Gasteiger partial charge in [-0.15, -0.1) is 0 Å². The van der Waals surface area contributed by atoms with Crippen molar-refractivity contribution in [3.05, 3.63) is 41.5 Å². The molecule has 0 aliphatic rings. The average Bonchev–Trinajstić information content (AvgIpc) is 2.61. The zero-order valence-electron chi connectivity index (χ0n) is 14.1. The Kier molecular flexibility index (Phi) is 5.57. The number of hydrogen-bond acceptors (Lipinski definition) is 5. The Morgan fingerprint density at radius 2 is 1.13 bits per heavy atom. The molecule has 0 aliphatic heterocycles. The second-order valence-electron chi connectivity index (χ2n) is 4.87. The molecular weight excluding hydrogens is 296 g/mol. The summed E-state index contributed by atoms with van der Waals surface area (Å²) in [5.74, 6) is 3.55. The highest BCUT2D eigenvalue weighted by atomic mass is 16.5. The molecule has 0 fully saturated rings. The highest BCUT2D eigenvalue weighted by Crippen LogP contribution is 2.37. The fourth-order valence-electron chi connectivity index (χ4n) is 2.43. The van der Waals surface area contributed by atoms with E-state index in [0.717, 1.165) is 28.4 Å². The molecule has 0 amide bonds. The molecule has 0 unspecified atom stereocenters. The van der Waals surface area contributed by atoms with Crippen molar-refractivity contribution in [1.82, 2.24) is 0 Å². The molecule has 0 bridgehead atoms. The topological polar surface area (TPSA) is 46.2 Å². The Morgan fingerprint density at radius 3 is 1.70 bits per heavy atom. The molecule has 0 N–H and O–H groups in total. The van der Waals surface area contributed by atoms with Crippen molar-refractivity contribution in [2.45, 2.75) is 6.42 Å². The van der Waals surface area contributed by atoms with E-state index in [1.807, 2.05) is 30.3 Å². The Morgan fingerprint density at radius 1 is 0.565 bits per heavy atom. The van der Waals surface area contributed by atoms with Gasteiger partial charge in [0.25, 0.3) is 0 Å². The lowest BCUT2D eigenvalue weighted by Gasteiger charge is -2.15. The van der Waals surface area contributed by atoms with Gasteiger partial charge >= 0.3 is 0 Å². The van der Waals surface area contributed by atoms with Crippen LogP contribution in [0.5, 0.6) is 28.7 Å². The van der Waals surface area contributed by atoms with Gasteiger partial charge in [-0.1, -0.05) is 6.07 Å². The first-order valence-corrected chi connectivity index (χ1v) is 7.16. The summed E-state index contributed by atoms with van der Waals surface area (Å²) in [4.78, 5) is 0. The predicted octanol–water partition coefficient (Wildman–Crippen LogP) is 3.32. The maximum absolute atomic E-state index is 5.48. The van der Waals surface area contributed by atoms with E-state index in [4.69, 9.17) is 23.7 Å². The standard InChI is InChI=1S/C18H22O5/c1-19-14-7-6-12(15(10-14)20-2)8-13-9-17(22-4)18(23-5)11-16(13)21-3/h6-7,9-11H,8H2,1-5H3. The van der Waals surface area contributed by atoms with Gasteiger partial charge in [0.05, 0.1) is 35.5 Å². The van der Waals surface area contributed by atoms with E-state index in [1.54, 1.807) is 35.5 Å². The normalized spacial score (nSPS) is 10.1. The molecule has 0 aliphatic carbocycles. The maximum Gasteiger partial charge on any atom is 0.164 e. The van der Waals surface area contributed by atoms with Crippen LogP contribution in [-0.2, 0) is 6.42 Å². The van der Waals surface area contributed by atoms with Crippen molar-refractivity contribution in [2.75, 3.05) is 35.5 Å². The van der Waals surface area contributed by atoms with E-state index in [0.29, 0.717) is 17.9 Å². The van der Waals surface area contributed by atoms with Crippen molar-refractivity contribution in [3.63, 3.8) is 0 Å². The minimum atomic E-state index is 0.634. The summed E-state index contributed by atoms with van der Waals surface area (Å²) in [6.07, 6.45) is 0.636. The Balaban J connectivity index is 2.43. The first-order chi connectivity index (χ1) is 11.2. The number of ether oxygens (including phenoxy) is 5. The lowest BCUT2D eigenvalue weighted by molar-refractivity contribution is 0.347. The average molecular weight is 318 g/mol. The summed E-state index contributed by atoms with van der Waals surface area (Å²) < 4.78 is 26.9. The summed E-state index contributed by atoms with van der Waals surface area (Å²) in [6.45, 7) is 0. The lowest BCUT2D eigenvalue weighted by atomic mass is 10.0. The second-order valence-corrected chi connectivity index (χ2v) is 4.87. The van der Waals surface area contributed by atoms with Gasteiger partial charge in [0, 0.05) is 24.1 Å². The number of hydrogen-bond donors (Lipinski definition) is 0. The monoisotopic (exact) mass is 318 g/mol. The second kappa shape index (κ2) is 7.63. The van der Waals surface area contributed by atoms with Gasteiger partial charge in [-0.3, -0.25) is 0 Å². The molecule has 23 heavy (non-hydrogen) atoms. The van der Waals surface area contributed by atoms with Gasteiger partial charge in [-0.05, 0) is 17.7 Å². The van der Waals surface area contributed by atoms with E-state index in [9.17, 15) is 0 Å². The van der Waals surface area contributed by atoms with Gasteiger partial charge in [0.1, 0.15) is 17.2 Å². The molecule has 0 saturated heterocycles. The van der Waals surface area contributed by atoms with E-state index in [2.05, 4.69) is 0 Å². The zero-order chi connectivity index (χ0) is 16.8. The minimum Gasteiger partial charge on any atom is -0.497 e. The number of methoxy groups -OCH3 is 5. The first-order valence-electron chi connectivity index (χ1n) is 7.16. The predicted molar refractivity (Wildman–Crippen MR) is 88.5 cm³/mol. The largest absolute Gasteiger partial charge is 0.497 e. The smallest absolute Gasteiger partial charge is 0.164 e. The molecule has 5 heteroatoms. The van der Waals surface area contributed by atoms with Gasteiger partial charge < -0.3 is 23.7 Å². The van der Waals surface area contributed by atoms with E-state index >= 15 is 0 Å². The Hall–Kier alpha value is -2.56. The van der Waals surface area contributed by atoms with Crippen molar-refractivity contribution in [3.8, 4) is 28.7 Å². The molecule has 0 saturated carbocycles. The maximum atomic E-state index is 5.48. The van der Waals surface area contributed by atoms with Crippen LogP contribution in [0.25, 0.3) is 0 Å². The molecule has 2 aromatic rings. The summed E-state index contributed by atoms with van der Waals surface area (Å²) in [5.41, 5.74) is 2.01. The fourth-order valence-corrected chi connectivity index (χ4v) is 2.43. The third-order valence-corrected chi connectivity index (χ3v) is 3.66. The van der Waals surface area contributed by atoms with Gasteiger partial charge in [-0.25, -0.2) is 0 Å². The van der Waals surface area contributed by atoms with Crippen LogP contribution in [0.15, 0.2) is 30.3 Å². The van der Waals surface area contributed by atoms with Gasteiger partial charge in [0.2, 0.25) is 0 Å². The van der Waals surface area contributed by atoms with E-state index in [1.165, 1.54) is 0 Å². The van der Waals surface area contributed by atoms with Gasteiger partial charge in [0.15, 0.2) is 11.5 Å². The van der Waals surface area contributed by atoms with Crippen LogP contribution in [0.2, 0.25) is 0 Å². The molecule has 0 spiro atoms. The summed E-state index contributed by atoms with van der Waals surface area (Å²) in [6, 6.07) is 9.49. The molecule has 2 aromatic carbocycles. The van der Waals surface area contributed by atoms with Crippen LogP contribution in [0.1, 0.15) is 11.1 Å². The molecular formula is C18H22O5. The quantitative estimate of drug-likeness (QED) is 0.783. The third kappa shape index (κ3) is 3.62. The Bertz CT molecular complexity index is 667. The van der Waals surface area contributed by atoms with Crippen molar-refractivity contribution < 1.29 is 23.7 Å². The highest BCUT2D eigenvalue weighted by molar-refractivity contribution is 5.53. The van der Waals surface area contributed by atoms with Crippen LogP contribution in [0, 0.1) is 0 Å². The van der Waals surface area contributed by atoms with Crippen LogP contribution in [-0.4, -0.2) is 35.5 Å². The summed E-state index contributed by atoms with van der Waals surface area (Å²) in [7, 11) is 8.12. The van der Waals surface area contributed by atoms with Crippen molar-refractivity contribution in [2.24, 2.45) is 0 Å². The Labute approximate surface area is 136 Å². The van der Waals surface area contributed by atoms with Crippen molar-refractivity contribution in [1.29, 1.82) is 0 Å². The first kappa shape index (κ1) is 16.8. The third-order valence-electron chi connectivity index (χ3n) is 3.66. The van der Waals surface area contributed by atoms with Crippen LogP contribution in [0.3, 0.4) is 0 Å². The van der Waals surface area contributed by atoms with E-state index in [-0.39, 0.29) is 0 Å². The van der Waals surface area contributed by atoms with Crippen molar-refractivity contribution >= 4 is 0 Å². The van der Waals surface area contributed by atoms with Crippen LogP contribution in [0.4, 0.5) is 0 Å². The molecule has 0 aromatic heterocycles. The molecule has 124 valence electrons. The summed E-state index contributed by atoms with van der Waals surface area (Å²) >= 11 is 0. The highest BCUT2D eigenvalue weighted by Gasteiger charge is 2.14.